The van der Waals surface area contributed by atoms with Crippen LogP contribution >= 0.6 is 0 Å². The molecule has 0 amide bonds. The predicted octanol–water partition coefficient (Wildman–Crippen LogP) is 0.819. The molecule has 1 unspecified atom stereocenters. The number of hydrogen-bond donors (Lipinski definition) is 1. The van der Waals surface area contributed by atoms with E-state index >= 15 is 0 Å². The summed E-state index contributed by atoms with van der Waals surface area (Å²) in [6.07, 6.45) is -1.63. The Hall–Kier alpha value is -0.600. The largest absolute Gasteiger partial charge is 0.479 e. The van der Waals surface area contributed by atoms with E-state index in [2.05, 4.69) is 0 Å². The number of halogens is 1. The van der Waals surface area contributed by atoms with Crippen molar-refractivity contribution in [2.24, 2.45) is 0 Å². The molecule has 0 saturated carbocycles. The van der Waals surface area contributed by atoms with E-state index in [0.717, 1.165) is 0 Å². The molecule has 1 atom stereocenters. The number of carbonyl (C=O) groups is 1. The normalized spacial score (nSPS) is 13.4. The van der Waals surface area contributed by atoms with E-state index in [1.807, 2.05) is 0 Å². The first kappa shape index (κ1) is 6.40. The van der Waals surface area contributed by atoms with E-state index in [9.17, 15) is 9.18 Å². The lowest BCUT2D eigenvalue weighted by Gasteiger charge is -1.92. The van der Waals surface area contributed by atoms with Gasteiger partial charge in [-0.2, -0.15) is 0 Å². The fourth-order valence-electron chi connectivity index (χ4n) is 0.175. The molecule has 0 spiro atoms. The molecule has 0 aliphatic carbocycles. The summed E-state index contributed by atoms with van der Waals surface area (Å²) in [4.78, 5) is 9.56. The molecular weight excluding hydrogens is 99.0 g/mol. The van der Waals surface area contributed by atoms with Crippen molar-refractivity contribution in [1.82, 2.24) is 0 Å². The first-order chi connectivity index (χ1) is 3.18. The quantitative estimate of drug-likeness (QED) is 0.565. The summed E-state index contributed by atoms with van der Waals surface area (Å²) in [5, 5.41) is 7.81. The Labute approximate surface area is 41.0 Å². The molecule has 7 heavy (non-hydrogen) atoms. The summed E-state index contributed by atoms with van der Waals surface area (Å²) in [6.45, 7) is 1.48. The van der Waals surface area contributed by atoms with Gasteiger partial charge in [0.2, 0.25) is 0 Å². The van der Waals surface area contributed by atoms with E-state index in [-0.39, 0.29) is 6.42 Å². The lowest BCUT2D eigenvalue weighted by molar-refractivity contribution is -0.142. The van der Waals surface area contributed by atoms with E-state index in [1.54, 1.807) is 0 Å². The van der Waals surface area contributed by atoms with Crippen LogP contribution in [0.15, 0.2) is 0 Å². The van der Waals surface area contributed by atoms with Crippen molar-refractivity contribution in [3.63, 3.8) is 0 Å². The first-order valence-electron chi connectivity index (χ1n) is 2.05. The second-order valence-corrected chi connectivity index (χ2v) is 1.21. The molecular formula is C4H7FO2. The van der Waals surface area contributed by atoms with Crippen molar-refractivity contribution in [3.8, 4) is 0 Å². The van der Waals surface area contributed by atoms with E-state index in [1.165, 1.54) is 6.92 Å². The molecule has 0 aliphatic heterocycles. The smallest absolute Gasteiger partial charge is 0.338 e. The maximum atomic E-state index is 11.7. The molecule has 0 rings (SSSR count). The molecule has 1 N–H and O–H groups in total. The summed E-state index contributed by atoms with van der Waals surface area (Å²) in [7, 11) is 0. The standard InChI is InChI=1S/C4H7FO2/c1-2-3(5)4(6)7/h3H,2H2,1H3,(H,6,7). The summed E-state index contributed by atoms with van der Waals surface area (Å²) in [5.74, 6) is -1.37. The third kappa shape index (κ3) is 2.14. The molecule has 0 radical (unpaired) electrons. The Morgan fingerprint density at radius 2 is 2.43 bits per heavy atom. The Bertz CT molecular complexity index is 72.1. The van der Waals surface area contributed by atoms with Crippen LogP contribution in [-0.2, 0) is 4.79 Å². The maximum Gasteiger partial charge on any atom is 0.338 e. The number of aliphatic carboxylic acids is 1. The monoisotopic (exact) mass is 106 g/mol. The van der Waals surface area contributed by atoms with Crippen LogP contribution in [0.5, 0.6) is 0 Å². The van der Waals surface area contributed by atoms with E-state index < -0.39 is 12.1 Å². The summed E-state index contributed by atoms with van der Waals surface area (Å²) in [5.41, 5.74) is 0. The van der Waals surface area contributed by atoms with Gasteiger partial charge in [-0.25, -0.2) is 9.18 Å². The van der Waals surface area contributed by atoms with Gasteiger partial charge in [0.1, 0.15) is 0 Å². The van der Waals surface area contributed by atoms with Gasteiger partial charge in [-0.05, 0) is 6.42 Å². The third-order valence-corrected chi connectivity index (χ3v) is 0.626. The average molecular weight is 106 g/mol. The van der Waals surface area contributed by atoms with Crippen molar-refractivity contribution in [2.75, 3.05) is 0 Å². The topological polar surface area (TPSA) is 37.3 Å². The third-order valence-electron chi connectivity index (χ3n) is 0.626. The Balaban J connectivity index is 3.34. The Kier molecular flexibility index (Phi) is 2.33. The van der Waals surface area contributed by atoms with E-state index in [0.29, 0.717) is 0 Å². The van der Waals surface area contributed by atoms with Crippen LogP contribution in [0.3, 0.4) is 0 Å². The van der Waals surface area contributed by atoms with Crippen molar-refractivity contribution in [3.05, 3.63) is 0 Å². The number of carboxylic acids is 1. The highest BCUT2D eigenvalue weighted by Gasteiger charge is 2.10. The molecule has 0 aliphatic rings. The van der Waals surface area contributed by atoms with Crippen LogP contribution in [0.4, 0.5) is 4.39 Å². The van der Waals surface area contributed by atoms with Crippen LogP contribution in [-0.4, -0.2) is 17.2 Å². The number of hydrogen-bond acceptors (Lipinski definition) is 1. The fourth-order valence-corrected chi connectivity index (χ4v) is 0.175. The average Bonchev–Trinajstić information content (AvgIpc) is 1.65. The predicted molar refractivity (Wildman–Crippen MR) is 22.8 cm³/mol. The highest BCUT2D eigenvalue weighted by atomic mass is 19.1. The van der Waals surface area contributed by atoms with Gasteiger partial charge in [-0.1, -0.05) is 6.92 Å². The molecule has 2 nitrogen and oxygen atoms in total. The molecule has 0 fully saturated rings. The van der Waals surface area contributed by atoms with Gasteiger partial charge >= 0.3 is 5.97 Å². The molecule has 42 valence electrons. The van der Waals surface area contributed by atoms with Gasteiger partial charge in [0.05, 0.1) is 0 Å². The highest BCUT2D eigenvalue weighted by molar-refractivity contribution is 5.71. The number of alkyl halides is 1. The van der Waals surface area contributed by atoms with Crippen molar-refractivity contribution in [2.45, 2.75) is 19.5 Å². The van der Waals surface area contributed by atoms with Crippen LogP contribution in [0.25, 0.3) is 0 Å². The van der Waals surface area contributed by atoms with Crippen molar-refractivity contribution in [1.29, 1.82) is 0 Å². The van der Waals surface area contributed by atoms with Gasteiger partial charge in [0, 0.05) is 0 Å². The molecule has 0 heterocycles. The molecule has 0 bridgehead atoms. The van der Waals surface area contributed by atoms with E-state index in [4.69, 9.17) is 5.11 Å². The summed E-state index contributed by atoms with van der Waals surface area (Å²) >= 11 is 0. The van der Waals surface area contributed by atoms with Crippen LogP contribution in [0.1, 0.15) is 13.3 Å². The van der Waals surface area contributed by atoms with Gasteiger partial charge in [0.15, 0.2) is 6.17 Å². The number of rotatable bonds is 2. The summed E-state index contributed by atoms with van der Waals surface area (Å²) in [6, 6.07) is 0. The molecule has 0 aromatic rings. The van der Waals surface area contributed by atoms with Gasteiger partial charge in [-0.15, -0.1) is 0 Å². The Morgan fingerprint density at radius 3 is 2.43 bits per heavy atom. The lowest BCUT2D eigenvalue weighted by atomic mass is 10.3. The van der Waals surface area contributed by atoms with Crippen LogP contribution in [0.2, 0.25) is 0 Å². The number of carboxylic acid groups (broad SMARTS) is 1. The minimum Gasteiger partial charge on any atom is -0.479 e. The second-order valence-electron chi connectivity index (χ2n) is 1.21. The minimum absolute atomic E-state index is 0.0509. The van der Waals surface area contributed by atoms with Gasteiger partial charge < -0.3 is 5.11 Å². The minimum atomic E-state index is -1.68. The SMILES string of the molecule is CCC(F)C(=O)O. The molecule has 0 aromatic carbocycles. The molecule has 3 heteroatoms. The summed E-state index contributed by atoms with van der Waals surface area (Å²) < 4.78 is 11.7. The molecule has 0 aromatic heterocycles. The maximum absolute atomic E-state index is 11.7. The fraction of sp³-hybridized carbons (Fsp3) is 0.750. The van der Waals surface area contributed by atoms with Crippen LogP contribution in [0, 0.1) is 0 Å². The van der Waals surface area contributed by atoms with Crippen LogP contribution < -0.4 is 0 Å². The lowest BCUT2D eigenvalue weighted by Crippen LogP contribution is -2.11. The van der Waals surface area contributed by atoms with Crippen molar-refractivity contribution >= 4 is 5.97 Å². The van der Waals surface area contributed by atoms with Gasteiger partial charge in [-0.3, -0.25) is 0 Å². The Morgan fingerprint density at radius 1 is 2.00 bits per heavy atom. The zero-order valence-corrected chi connectivity index (χ0v) is 4.02. The second kappa shape index (κ2) is 2.55. The van der Waals surface area contributed by atoms with Crippen molar-refractivity contribution < 1.29 is 14.3 Å². The zero-order chi connectivity index (χ0) is 5.86. The zero-order valence-electron chi connectivity index (χ0n) is 4.02. The highest BCUT2D eigenvalue weighted by Crippen LogP contribution is 1.93. The first-order valence-corrected chi connectivity index (χ1v) is 2.05. The molecule has 0 saturated heterocycles. The van der Waals surface area contributed by atoms with Gasteiger partial charge in [0.25, 0.3) is 0 Å².